The molecule has 1 aliphatic heterocycles. The molecule has 35 heavy (non-hydrogen) atoms. The number of carbonyl (C=O) groups is 1. The van der Waals surface area contributed by atoms with Gasteiger partial charge in [-0.3, -0.25) is 4.79 Å². The number of carbonyl (C=O) groups excluding carboxylic acids is 1. The second-order valence-electron chi connectivity index (χ2n) is 8.66. The first-order valence-electron chi connectivity index (χ1n) is 11.7. The lowest BCUT2D eigenvalue weighted by Crippen LogP contribution is -2.46. The van der Waals surface area contributed by atoms with Crippen LogP contribution in [0.5, 0.6) is 0 Å². The maximum absolute atomic E-state index is 14.9. The van der Waals surface area contributed by atoms with Gasteiger partial charge in [-0.2, -0.15) is 0 Å². The molecule has 1 amide bonds. The number of benzene rings is 3. The minimum Gasteiger partial charge on any atom is -0.336 e. The molecule has 2 heterocycles. The number of halogens is 1. The van der Waals surface area contributed by atoms with Gasteiger partial charge in [0.1, 0.15) is 5.82 Å². The van der Waals surface area contributed by atoms with Gasteiger partial charge in [0, 0.05) is 42.7 Å². The number of hydrogen-bond acceptors (Lipinski definition) is 5. The number of hydrogen-bond donors (Lipinski definition) is 1. The minimum atomic E-state index is -0.301. The van der Waals surface area contributed by atoms with Crippen molar-refractivity contribution in [2.24, 2.45) is 0 Å². The summed E-state index contributed by atoms with van der Waals surface area (Å²) in [7, 11) is 0. The number of thiazole rings is 1. The van der Waals surface area contributed by atoms with Gasteiger partial charge in [-0.15, -0.1) is 11.3 Å². The van der Waals surface area contributed by atoms with E-state index in [0.29, 0.717) is 22.9 Å². The zero-order valence-corrected chi connectivity index (χ0v) is 20.4. The third-order valence-corrected chi connectivity index (χ3v) is 7.02. The van der Waals surface area contributed by atoms with Crippen molar-refractivity contribution in [3.05, 3.63) is 101 Å². The lowest BCUT2D eigenvalue weighted by atomic mass is 10.1. The van der Waals surface area contributed by atoms with Crippen molar-refractivity contribution in [3.8, 4) is 11.3 Å². The molecule has 178 valence electrons. The Balaban J connectivity index is 1.41. The van der Waals surface area contributed by atoms with E-state index < -0.39 is 0 Å². The number of nitrogens with one attached hydrogen (secondary N) is 1. The van der Waals surface area contributed by atoms with E-state index in [1.165, 1.54) is 23.0 Å². The summed E-state index contributed by atoms with van der Waals surface area (Å²) in [6.45, 7) is 5.56. The largest absolute Gasteiger partial charge is 0.336 e. The topological polar surface area (TPSA) is 48.5 Å². The number of para-hydroxylation sites is 1. The van der Waals surface area contributed by atoms with Crippen molar-refractivity contribution in [1.82, 2.24) is 15.2 Å². The van der Waals surface area contributed by atoms with E-state index in [0.717, 1.165) is 43.0 Å². The maximum atomic E-state index is 14.9. The third-order valence-electron chi connectivity index (χ3n) is 6.16. The Morgan fingerprint density at radius 2 is 1.74 bits per heavy atom. The summed E-state index contributed by atoms with van der Waals surface area (Å²) < 4.78 is 14.9. The highest BCUT2D eigenvalue weighted by atomic mass is 32.1. The number of anilines is 2. The lowest BCUT2D eigenvalue weighted by molar-refractivity contribution is 0.0736. The Morgan fingerprint density at radius 3 is 2.46 bits per heavy atom. The van der Waals surface area contributed by atoms with Crippen molar-refractivity contribution in [2.45, 2.75) is 13.5 Å². The first kappa shape index (κ1) is 23.2. The van der Waals surface area contributed by atoms with Gasteiger partial charge in [0.15, 0.2) is 5.13 Å². The fourth-order valence-corrected chi connectivity index (χ4v) is 5.00. The van der Waals surface area contributed by atoms with Gasteiger partial charge in [0.05, 0.1) is 17.9 Å². The van der Waals surface area contributed by atoms with Crippen LogP contribution in [0.25, 0.3) is 11.3 Å². The van der Waals surface area contributed by atoms with E-state index in [1.807, 2.05) is 45.5 Å². The second kappa shape index (κ2) is 10.4. The fraction of sp³-hybridized carbons (Fsp3) is 0.214. The monoisotopic (exact) mass is 486 g/mol. The number of aromatic nitrogens is 1. The molecule has 0 unspecified atom stereocenters. The van der Waals surface area contributed by atoms with Gasteiger partial charge in [-0.1, -0.05) is 54.1 Å². The molecule has 0 bridgehead atoms. The predicted molar refractivity (Wildman–Crippen MR) is 140 cm³/mol. The highest BCUT2D eigenvalue weighted by Crippen LogP contribution is 2.34. The number of piperazine rings is 1. The van der Waals surface area contributed by atoms with Crippen molar-refractivity contribution in [3.63, 3.8) is 0 Å². The highest BCUT2D eigenvalue weighted by molar-refractivity contribution is 7.14. The smallest absolute Gasteiger partial charge is 0.253 e. The summed E-state index contributed by atoms with van der Waals surface area (Å²) in [5, 5.41) is 5.98. The summed E-state index contributed by atoms with van der Waals surface area (Å²) >= 11 is 1.49. The summed E-state index contributed by atoms with van der Waals surface area (Å²) in [6.07, 6.45) is 0. The van der Waals surface area contributed by atoms with Crippen LogP contribution in [-0.2, 0) is 6.54 Å². The molecular weight excluding hydrogens is 459 g/mol. The highest BCUT2D eigenvalue weighted by Gasteiger charge is 2.20. The SMILES string of the molecule is Cc1ccc(-c2csc(N(Cc3ccc(C(=O)N4CCNCC4)cc3)c3ccccc3F)n2)cc1. The molecule has 0 atom stereocenters. The first-order valence-corrected chi connectivity index (χ1v) is 12.6. The number of amides is 1. The summed E-state index contributed by atoms with van der Waals surface area (Å²) in [5.41, 5.74) is 5.20. The summed E-state index contributed by atoms with van der Waals surface area (Å²) in [5.74, 6) is -0.253. The van der Waals surface area contributed by atoms with E-state index in [1.54, 1.807) is 12.1 Å². The molecule has 5 nitrogen and oxygen atoms in total. The normalized spacial score (nSPS) is 13.6. The van der Waals surface area contributed by atoms with Crippen LogP contribution < -0.4 is 10.2 Å². The van der Waals surface area contributed by atoms with E-state index in [-0.39, 0.29) is 11.7 Å². The van der Waals surface area contributed by atoms with Crippen molar-refractivity contribution < 1.29 is 9.18 Å². The molecule has 7 heteroatoms. The Morgan fingerprint density at radius 1 is 1.03 bits per heavy atom. The molecule has 0 aliphatic carbocycles. The third kappa shape index (κ3) is 5.26. The zero-order valence-electron chi connectivity index (χ0n) is 19.6. The van der Waals surface area contributed by atoms with E-state index in [4.69, 9.17) is 4.98 Å². The molecule has 1 fully saturated rings. The van der Waals surface area contributed by atoms with Gasteiger partial charge in [-0.25, -0.2) is 9.37 Å². The molecule has 3 aromatic carbocycles. The van der Waals surface area contributed by atoms with Crippen LogP contribution in [0.4, 0.5) is 15.2 Å². The predicted octanol–water partition coefficient (Wildman–Crippen LogP) is 5.64. The second-order valence-corrected chi connectivity index (χ2v) is 9.49. The van der Waals surface area contributed by atoms with Gasteiger partial charge in [0.25, 0.3) is 5.91 Å². The van der Waals surface area contributed by atoms with E-state index in [9.17, 15) is 9.18 Å². The van der Waals surface area contributed by atoms with Crippen molar-refractivity contribution in [2.75, 3.05) is 31.1 Å². The Kier molecular flexibility index (Phi) is 6.88. The van der Waals surface area contributed by atoms with Crippen LogP contribution in [-0.4, -0.2) is 42.0 Å². The molecule has 4 aromatic rings. The zero-order chi connectivity index (χ0) is 24.2. The van der Waals surface area contributed by atoms with E-state index in [2.05, 4.69) is 36.5 Å². The quantitative estimate of drug-likeness (QED) is 0.383. The van der Waals surface area contributed by atoms with E-state index >= 15 is 0 Å². The molecule has 1 saturated heterocycles. The van der Waals surface area contributed by atoms with Crippen LogP contribution in [0.15, 0.2) is 78.2 Å². The molecule has 0 spiro atoms. The van der Waals surface area contributed by atoms with Crippen LogP contribution in [0.2, 0.25) is 0 Å². The van der Waals surface area contributed by atoms with Gasteiger partial charge in [-0.05, 0) is 36.8 Å². The average molecular weight is 487 g/mol. The van der Waals surface area contributed by atoms with Gasteiger partial charge < -0.3 is 15.1 Å². The number of nitrogens with zero attached hydrogens (tertiary/aromatic N) is 3. The Hall–Kier alpha value is -3.55. The van der Waals surface area contributed by atoms with Crippen LogP contribution in [0.3, 0.4) is 0 Å². The molecule has 1 aliphatic rings. The molecule has 0 radical (unpaired) electrons. The maximum Gasteiger partial charge on any atom is 0.253 e. The minimum absolute atomic E-state index is 0.0478. The van der Waals surface area contributed by atoms with Crippen LogP contribution in [0, 0.1) is 12.7 Å². The van der Waals surface area contributed by atoms with Crippen LogP contribution in [0.1, 0.15) is 21.5 Å². The standard InChI is InChI=1S/C28H27FN4OS/c1-20-6-10-22(11-7-20)25-19-35-28(31-25)33(26-5-3-2-4-24(26)29)18-21-8-12-23(13-9-21)27(34)32-16-14-30-15-17-32/h2-13,19,30H,14-18H2,1H3. The van der Waals surface area contributed by atoms with Crippen molar-refractivity contribution >= 4 is 28.1 Å². The van der Waals surface area contributed by atoms with Gasteiger partial charge >= 0.3 is 0 Å². The molecule has 5 rings (SSSR count). The molecular formula is C28H27FN4OS. The van der Waals surface area contributed by atoms with Crippen LogP contribution >= 0.6 is 11.3 Å². The summed E-state index contributed by atoms with van der Waals surface area (Å²) in [6, 6.07) is 22.6. The molecule has 1 aromatic heterocycles. The lowest BCUT2D eigenvalue weighted by Gasteiger charge is -2.27. The van der Waals surface area contributed by atoms with Gasteiger partial charge in [0.2, 0.25) is 0 Å². The first-order chi connectivity index (χ1) is 17.1. The number of aryl methyl sites for hydroxylation is 1. The molecule has 1 N–H and O–H groups in total. The molecule has 0 saturated carbocycles. The number of rotatable bonds is 6. The Labute approximate surface area is 208 Å². The Bertz CT molecular complexity index is 1300. The van der Waals surface area contributed by atoms with Crippen molar-refractivity contribution in [1.29, 1.82) is 0 Å². The summed E-state index contributed by atoms with van der Waals surface area (Å²) in [4.78, 5) is 21.4. The average Bonchev–Trinajstić information content (AvgIpc) is 3.39. The fourth-order valence-electron chi connectivity index (χ4n) is 4.16.